The van der Waals surface area contributed by atoms with Crippen LogP contribution in [0.25, 0.3) is 0 Å². The predicted octanol–water partition coefficient (Wildman–Crippen LogP) is 1.37. The zero-order valence-corrected chi connectivity index (χ0v) is 9.04. The summed E-state index contributed by atoms with van der Waals surface area (Å²) < 4.78 is 1.55. The van der Waals surface area contributed by atoms with Crippen LogP contribution >= 0.6 is 0 Å². The molecule has 5 heavy (non-hydrogen) atoms. The molecule has 0 aromatic rings. The molecule has 0 aromatic carbocycles. The van der Waals surface area contributed by atoms with Crippen molar-refractivity contribution >= 4 is 55.5 Å². The Bertz CT molecular complexity index is 11.1. The molecule has 0 N–H and O–H groups in total. The monoisotopic (exact) mass is 142 g/mol. The van der Waals surface area contributed by atoms with Crippen LogP contribution in [0, 0.1) is 0 Å². The summed E-state index contributed by atoms with van der Waals surface area (Å²) in [5, 5.41) is 0. The Morgan fingerprint density at radius 2 is 2.20 bits per heavy atom. The van der Waals surface area contributed by atoms with Gasteiger partial charge in [0.05, 0.1) is 0 Å². The summed E-state index contributed by atoms with van der Waals surface area (Å²) in [5.74, 6) is 0. The number of hydrogen-bond acceptors (Lipinski definition) is 0. The molecule has 0 unspecified atom stereocenters. The summed E-state index contributed by atoms with van der Waals surface area (Å²) in [6, 6.07) is 0. The maximum absolute atomic E-state index is 2.25. The van der Waals surface area contributed by atoms with Gasteiger partial charge in [0.2, 0.25) is 0 Å². The van der Waals surface area contributed by atoms with Crippen molar-refractivity contribution in [3.05, 3.63) is 0 Å². The second kappa shape index (κ2) is 5.81. The third-order valence-electron chi connectivity index (χ3n) is 0.707. The van der Waals surface area contributed by atoms with Crippen molar-refractivity contribution in [2.75, 3.05) is 0 Å². The quantitative estimate of drug-likeness (QED) is 0.547. The zero-order valence-electron chi connectivity index (χ0n) is 4.12. The Morgan fingerprint density at radius 3 is 2.20 bits per heavy atom. The summed E-state index contributed by atoms with van der Waals surface area (Å²) in [7, 11) is 0. The van der Waals surface area contributed by atoms with E-state index in [2.05, 4.69) is 6.92 Å². The minimum absolute atomic E-state index is 0.982. The van der Waals surface area contributed by atoms with E-state index in [0.717, 1.165) is 55.5 Å². The van der Waals surface area contributed by atoms with Crippen molar-refractivity contribution in [3.8, 4) is 0 Å². The van der Waals surface area contributed by atoms with Gasteiger partial charge in [0.1, 0.15) is 0 Å². The molecule has 0 saturated carbocycles. The molecule has 0 nitrogen and oxygen atoms in total. The summed E-state index contributed by atoms with van der Waals surface area (Å²) >= 11 is 0.982. The Morgan fingerprint density at radius 1 is 1.60 bits per heavy atom. The average Bonchev–Trinajstić information content (AvgIpc) is 1.41. The molecule has 0 heterocycles. The summed E-state index contributed by atoms with van der Waals surface area (Å²) in [6.07, 6.45) is 2.88. The molecule has 0 fully saturated rings. The van der Waals surface area contributed by atoms with Gasteiger partial charge in [-0.05, 0) is 0 Å². The van der Waals surface area contributed by atoms with E-state index in [4.69, 9.17) is 0 Å². The van der Waals surface area contributed by atoms with Gasteiger partial charge < -0.3 is 0 Å². The van der Waals surface area contributed by atoms with Crippen molar-refractivity contribution in [1.29, 1.82) is 0 Å². The molecule has 0 rings (SSSR count). The van der Waals surface area contributed by atoms with Crippen LogP contribution in [0.2, 0.25) is -0.511 Å². The van der Waals surface area contributed by atoms with Crippen LogP contribution in [-0.2, 0) is 0 Å². The molecule has 0 aromatic heterocycles. The standard InChI is InChI=1S/C4H9.Rb/c1-3-4-2;/h1,3-4H2,2H3;. The molecule has 26 valence electrons. The van der Waals surface area contributed by atoms with Crippen molar-refractivity contribution in [3.63, 3.8) is 0 Å². The Hall–Kier alpha value is 1.81. The van der Waals surface area contributed by atoms with Crippen molar-refractivity contribution in [2.24, 2.45) is 0 Å². The van der Waals surface area contributed by atoms with Crippen LogP contribution in [0.3, 0.4) is 0 Å². The van der Waals surface area contributed by atoms with Crippen molar-refractivity contribution in [2.45, 2.75) is 19.3 Å². The first-order valence-electron chi connectivity index (χ1n) is 2.41. The molecular weight excluding hydrogens is 134 g/mol. The van der Waals surface area contributed by atoms with Gasteiger partial charge in [-0.1, -0.05) is 0 Å². The fourth-order valence-electron chi connectivity index (χ4n) is 0.354. The zero-order chi connectivity index (χ0) is 4.12. The van der Waals surface area contributed by atoms with E-state index < -0.39 is 0 Å². The molecule has 0 bridgehead atoms. The van der Waals surface area contributed by atoms with Crippen LogP contribution in [-0.4, -0.2) is 55.5 Å². The van der Waals surface area contributed by atoms with Gasteiger partial charge in [-0.25, -0.2) is 0 Å². The SMILES string of the molecule is CCC[CH2][Rb]. The van der Waals surface area contributed by atoms with E-state index in [1.807, 2.05) is 0 Å². The van der Waals surface area contributed by atoms with E-state index in [9.17, 15) is 0 Å². The third-order valence-corrected chi connectivity index (χ3v) is 2.45. The van der Waals surface area contributed by atoms with Crippen LogP contribution in [0.5, 0.6) is 0 Å². The predicted molar refractivity (Wildman–Crippen MR) is 25.5 cm³/mol. The normalized spacial score (nSPS) is 8.60. The van der Waals surface area contributed by atoms with Gasteiger partial charge in [0, 0.05) is 0 Å². The van der Waals surface area contributed by atoms with E-state index in [1.165, 1.54) is 12.8 Å². The summed E-state index contributed by atoms with van der Waals surface area (Å²) in [5.41, 5.74) is 0. The first-order chi connectivity index (χ1) is 2.41. The molecule has 0 saturated heterocycles. The van der Waals surface area contributed by atoms with Gasteiger partial charge in [0.25, 0.3) is 0 Å². The Kier molecular flexibility index (Phi) is 7.90. The van der Waals surface area contributed by atoms with Crippen LogP contribution in [0.1, 0.15) is 19.8 Å². The van der Waals surface area contributed by atoms with E-state index in [-0.39, 0.29) is 0 Å². The van der Waals surface area contributed by atoms with Crippen molar-refractivity contribution in [1.82, 2.24) is 0 Å². The van der Waals surface area contributed by atoms with E-state index >= 15 is 0 Å². The molecule has 0 radical (unpaired) electrons. The molecule has 0 amide bonds. The maximum atomic E-state index is 2.25. The van der Waals surface area contributed by atoms with Gasteiger partial charge in [-0.3, -0.25) is 0 Å². The fraction of sp³-hybridized carbons (Fsp3) is 1.00. The molecule has 0 aliphatic carbocycles. The molecule has 0 atom stereocenters. The van der Waals surface area contributed by atoms with Crippen LogP contribution < -0.4 is 0 Å². The van der Waals surface area contributed by atoms with Gasteiger partial charge in [0.15, 0.2) is 0 Å². The molecule has 0 aliphatic rings. The molecule has 0 aliphatic heterocycles. The number of unbranched alkanes of at least 4 members (excludes halogenated alkanes) is 1. The number of rotatable bonds is 2. The summed E-state index contributed by atoms with van der Waals surface area (Å²) in [4.78, 5) is 0. The van der Waals surface area contributed by atoms with E-state index in [0.29, 0.717) is 0 Å². The summed E-state index contributed by atoms with van der Waals surface area (Å²) in [6.45, 7) is 2.25. The second-order valence-electron chi connectivity index (χ2n) is 1.35. The number of hydrogen-bond donors (Lipinski definition) is 0. The van der Waals surface area contributed by atoms with Crippen LogP contribution in [0.4, 0.5) is 0 Å². The van der Waals surface area contributed by atoms with Crippen LogP contribution in [0.15, 0.2) is 0 Å². The average molecular weight is 143 g/mol. The Balaban J connectivity index is 2.19. The molecular formula is C4H9Rb. The van der Waals surface area contributed by atoms with E-state index in [1.54, 1.807) is -0.511 Å². The fourth-order valence-corrected chi connectivity index (χ4v) is 2.09. The second-order valence-corrected chi connectivity index (χ2v) is 3.81. The minimum atomic E-state index is 0.982. The Labute approximate surface area is 73.0 Å². The first kappa shape index (κ1) is 6.81. The molecule has 1 heteroatoms. The first-order valence-corrected chi connectivity index (χ1v) is 5.89. The van der Waals surface area contributed by atoms with Gasteiger partial charge in [-0.2, -0.15) is 0 Å². The van der Waals surface area contributed by atoms with Crippen molar-refractivity contribution < 1.29 is 0 Å². The topological polar surface area (TPSA) is 0 Å². The van der Waals surface area contributed by atoms with Gasteiger partial charge in [-0.15, -0.1) is 0 Å². The molecule has 0 spiro atoms. The third kappa shape index (κ3) is 5.81. The van der Waals surface area contributed by atoms with Gasteiger partial charge >= 0.3 is 74.8 Å².